The second-order valence-corrected chi connectivity index (χ2v) is 5.88. The molecule has 148 valence electrons. The number of aliphatic hydroxyl groups excluding tert-OH is 1. The van der Waals surface area contributed by atoms with E-state index in [0.29, 0.717) is 0 Å². The highest BCUT2D eigenvalue weighted by atomic mass is 16.7. The van der Waals surface area contributed by atoms with Crippen molar-refractivity contribution in [3.63, 3.8) is 0 Å². The molecule has 0 bridgehead atoms. The first kappa shape index (κ1) is 20.8. The Morgan fingerprint density at radius 2 is 1.63 bits per heavy atom. The zero-order valence-corrected chi connectivity index (χ0v) is 15.2. The van der Waals surface area contributed by atoms with Crippen molar-refractivity contribution in [1.82, 2.24) is 0 Å². The molecule has 9 nitrogen and oxygen atoms in total. The fourth-order valence-corrected chi connectivity index (χ4v) is 2.66. The molecule has 5 atom stereocenters. The summed E-state index contributed by atoms with van der Waals surface area (Å²) in [7, 11) is 1.12. The van der Waals surface area contributed by atoms with Crippen LogP contribution in [0.3, 0.4) is 0 Å². The molecule has 1 N–H and O–H groups in total. The standard InChI is InChI=1S/C18H22O9/c1-10(19)25-14-13(21)15(17(22)23-3)27-18(16(14)26-11(2)20)24-9-12-7-5-4-6-8-12/h4-8,13-16,18,21H,9H2,1-3H3/t13-,14-,15+,16+,18+/m0/s1. The zero-order valence-electron chi connectivity index (χ0n) is 15.2. The van der Waals surface area contributed by atoms with Gasteiger partial charge in [0.2, 0.25) is 0 Å². The number of methoxy groups -OCH3 is 1. The van der Waals surface area contributed by atoms with Crippen LogP contribution in [-0.4, -0.2) is 60.8 Å². The number of benzene rings is 1. The van der Waals surface area contributed by atoms with E-state index in [2.05, 4.69) is 4.74 Å². The monoisotopic (exact) mass is 382 g/mol. The third-order valence-electron chi connectivity index (χ3n) is 3.81. The second kappa shape index (κ2) is 9.45. The van der Waals surface area contributed by atoms with Crippen molar-refractivity contribution in [1.29, 1.82) is 0 Å². The van der Waals surface area contributed by atoms with Crippen LogP contribution in [0, 0.1) is 0 Å². The van der Waals surface area contributed by atoms with E-state index in [1.54, 1.807) is 12.1 Å². The Morgan fingerprint density at radius 1 is 1.04 bits per heavy atom. The first-order valence-electron chi connectivity index (χ1n) is 8.24. The lowest BCUT2D eigenvalue weighted by Gasteiger charge is -2.41. The largest absolute Gasteiger partial charge is 0.467 e. The van der Waals surface area contributed by atoms with Gasteiger partial charge in [0.05, 0.1) is 13.7 Å². The molecule has 0 radical (unpaired) electrons. The smallest absolute Gasteiger partial charge is 0.338 e. The van der Waals surface area contributed by atoms with Crippen LogP contribution in [-0.2, 0) is 44.7 Å². The van der Waals surface area contributed by atoms with Gasteiger partial charge in [0.25, 0.3) is 0 Å². The molecule has 0 unspecified atom stereocenters. The summed E-state index contributed by atoms with van der Waals surface area (Å²) < 4.78 is 26.0. The third-order valence-corrected chi connectivity index (χ3v) is 3.81. The summed E-state index contributed by atoms with van der Waals surface area (Å²) in [6, 6.07) is 9.07. The third kappa shape index (κ3) is 5.49. The van der Waals surface area contributed by atoms with Gasteiger partial charge in [-0.05, 0) is 5.56 Å². The Hall–Kier alpha value is -2.49. The van der Waals surface area contributed by atoms with Gasteiger partial charge in [-0.3, -0.25) is 9.59 Å². The number of ether oxygens (including phenoxy) is 5. The molecule has 0 amide bonds. The molecular formula is C18H22O9. The molecule has 0 saturated carbocycles. The van der Waals surface area contributed by atoms with Crippen molar-refractivity contribution in [2.75, 3.05) is 7.11 Å². The van der Waals surface area contributed by atoms with Gasteiger partial charge in [0.1, 0.15) is 6.10 Å². The average molecular weight is 382 g/mol. The predicted octanol–water partition coefficient (Wildman–Crippen LogP) is 0.325. The molecular weight excluding hydrogens is 360 g/mol. The lowest BCUT2D eigenvalue weighted by atomic mass is 9.98. The van der Waals surface area contributed by atoms with Crippen LogP contribution in [0.15, 0.2) is 30.3 Å². The fourth-order valence-electron chi connectivity index (χ4n) is 2.66. The topological polar surface area (TPSA) is 118 Å². The summed E-state index contributed by atoms with van der Waals surface area (Å²) in [5.41, 5.74) is 0.799. The van der Waals surface area contributed by atoms with E-state index in [0.717, 1.165) is 26.5 Å². The van der Waals surface area contributed by atoms with E-state index < -0.39 is 48.6 Å². The first-order chi connectivity index (χ1) is 12.8. The highest BCUT2D eigenvalue weighted by Gasteiger charge is 2.52. The normalized spacial score (nSPS) is 27.5. The number of hydrogen-bond donors (Lipinski definition) is 1. The minimum Gasteiger partial charge on any atom is -0.467 e. The van der Waals surface area contributed by atoms with E-state index in [1.807, 2.05) is 18.2 Å². The first-order valence-corrected chi connectivity index (χ1v) is 8.24. The van der Waals surface area contributed by atoms with Crippen LogP contribution in [0.1, 0.15) is 19.4 Å². The summed E-state index contributed by atoms with van der Waals surface area (Å²) in [5.74, 6) is -2.31. The molecule has 1 aromatic carbocycles. The summed E-state index contributed by atoms with van der Waals surface area (Å²) in [4.78, 5) is 34.9. The highest BCUT2D eigenvalue weighted by Crippen LogP contribution is 2.28. The van der Waals surface area contributed by atoms with Crippen LogP contribution in [0.2, 0.25) is 0 Å². The molecule has 2 rings (SSSR count). The lowest BCUT2D eigenvalue weighted by Crippen LogP contribution is -2.62. The fraction of sp³-hybridized carbons (Fsp3) is 0.500. The second-order valence-electron chi connectivity index (χ2n) is 5.88. The maximum Gasteiger partial charge on any atom is 0.338 e. The van der Waals surface area contributed by atoms with Gasteiger partial charge in [0.15, 0.2) is 24.6 Å². The molecule has 1 heterocycles. The number of esters is 3. The van der Waals surface area contributed by atoms with Gasteiger partial charge in [-0.2, -0.15) is 0 Å². The van der Waals surface area contributed by atoms with Crippen molar-refractivity contribution >= 4 is 17.9 Å². The summed E-state index contributed by atoms with van der Waals surface area (Å²) in [6.45, 7) is 2.35. The molecule has 1 saturated heterocycles. The summed E-state index contributed by atoms with van der Waals surface area (Å²) in [6.07, 6.45) is -7.00. The Labute approximate surface area is 156 Å². The van der Waals surface area contributed by atoms with Crippen molar-refractivity contribution in [3.8, 4) is 0 Å². The number of aliphatic hydroxyl groups is 1. The maximum atomic E-state index is 11.9. The van der Waals surface area contributed by atoms with Crippen molar-refractivity contribution in [2.45, 2.75) is 51.2 Å². The summed E-state index contributed by atoms with van der Waals surface area (Å²) in [5, 5.41) is 10.4. The molecule has 0 aliphatic carbocycles. The maximum absolute atomic E-state index is 11.9. The SMILES string of the molecule is COC(=O)[C@@H]1O[C@@H](OCc2ccccc2)[C@H](OC(C)=O)[C@@H](OC(C)=O)[C@@H]1O. The van der Waals surface area contributed by atoms with E-state index >= 15 is 0 Å². The van der Waals surface area contributed by atoms with Gasteiger partial charge < -0.3 is 28.8 Å². The van der Waals surface area contributed by atoms with Crippen LogP contribution in [0.4, 0.5) is 0 Å². The van der Waals surface area contributed by atoms with Gasteiger partial charge in [-0.25, -0.2) is 4.79 Å². The van der Waals surface area contributed by atoms with E-state index in [-0.39, 0.29) is 6.61 Å². The Morgan fingerprint density at radius 3 is 2.19 bits per heavy atom. The minimum atomic E-state index is -1.61. The number of carbonyl (C=O) groups excluding carboxylic acids is 3. The average Bonchev–Trinajstić information content (AvgIpc) is 2.63. The van der Waals surface area contributed by atoms with Crippen molar-refractivity contribution in [2.24, 2.45) is 0 Å². The van der Waals surface area contributed by atoms with Gasteiger partial charge in [0, 0.05) is 13.8 Å². The van der Waals surface area contributed by atoms with Crippen LogP contribution in [0.25, 0.3) is 0 Å². The predicted molar refractivity (Wildman–Crippen MR) is 89.0 cm³/mol. The summed E-state index contributed by atoms with van der Waals surface area (Å²) >= 11 is 0. The molecule has 1 aliphatic rings. The van der Waals surface area contributed by atoms with Gasteiger partial charge in [-0.1, -0.05) is 30.3 Å². The lowest BCUT2D eigenvalue weighted by molar-refractivity contribution is -0.302. The molecule has 0 aromatic heterocycles. The molecule has 1 aliphatic heterocycles. The number of rotatable bonds is 6. The van der Waals surface area contributed by atoms with Crippen LogP contribution in [0.5, 0.6) is 0 Å². The van der Waals surface area contributed by atoms with Gasteiger partial charge in [-0.15, -0.1) is 0 Å². The number of carbonyl (C=O) groups is 3. The van der Waals surface area contributed by atoms with Crippen LogP contribution < -0.4 is 0 Å². The quantitative estimate of drug-likeness (QED) is 0.548. The Kier molecular flexibility index (Phi) is 7.28. The Bertz CT molecular complexity index is 660. The molecule has 27 heavy (non-hydrogen) atoms. The Balaban J connectivity index is 2.27. The van der Waals surface area contributed by atoms with Crippen molar-refractivity contribution < 1.29 is 43.2 Å². The molecule has 1 aromatic rings. The molecule has 1 fully saturated rings. The molecule has 9 heteroatoms. The minimum absolute atomic E-state index is 0.0695. The molecule has 0 spiro atoms. The highest BCUT2D eigenvalue weighted by molar-refractivity contribution is 5.76. The van der Waals surface area contributed by atoms with E-state index in [1.165, 1.54) is 0 Å². The van der Waals surface area contributed by atoms with Crippen molar-refractivity contribution in [3.05, 3.63) is 35.9 Å². The number of hydrogen-bond acceptors (Lipinski definition) is 9. The van der Waals surface area contributed by atoms with E-state index in [9.17, 15) is 19.5 Å². The van der Waals surface area contributed by atoms with Crippen LogP contribution >= 0.6 is 0 Å². The zero-order chi connectivity index (χ0) is 20.0. The van der Waals surface area contributed by atoms with E-state index in [4.69, 9.17) is 18.9 Å². The van der Waals surface area contributed by atoms with Gasteiger partial charge >= 0.3 is 17.9 Å².